The van der Waals surface area contributed by atoms with Crippen molar-refractivity contribution in [3.8, 4) is 0 Å². The molecule has 0 amide bonds. The number of hydrogen-bond donors (Lipinski definition) is 1. The van der Waals surface area contributed by atoms with Gasteiger partial charge in [0.05, 0.1) is 19.4 Å². The maximum Gasteiger partial charge on any atom is 0.117 e. The van der Waals surface area contributed by atoms with E-state index in [1.807, 2.05) is 6.07 Å². The molecule has 108 valence electrons. The molecule has 2 rings (SSSR count). The average Bonchev–Trinajstić information content (AvgIpc) is 3.13. The molecule has 0 saturated heterocycles. The first kappa shape index (κ1) is 14.6. The summed E-state index contributed by atoms with van der Waals surface area (Å²) in [6.45, 7) is 5.91. The Labute approximate surface area is 116 Å². The zero-order valence-electron chi connectivity index (χ0n) is 12.1. The van der Waals surface area contributed by atoms with Crippen molar-refractivity contribution >= 4 is 0 Å². The monoisotopic (exact) mass is 266 g/mol. The van der Waals surface area contributed by atoms with Crippen LogP contribution in [0.5, 0.6) is 0 Å². The first-order chi connectivity index (χ1) is 9.35. The van der Waals surface area contributed by atoms with Crippen LogP contribution in [0.1, 0.15) is 31.9 Å². The van der Waals surface area contributed by atoms with Gasteiger partial charge in [0.15, 0.2) is 0 Å². The predicted molar refractivity (Wildman–Crippen MR) is 76.1 cm³/mol. The molecule has 1 N–H and O–H groups in total. The van der Waals surface area contributed by atoms with E-state index < -0.39 is 0 Å². The Morgan fingerprint density at radius 2 is 2.37 bits per heavy atom. The van der Waals surface area contributed by atoms with Crippen molar-refractivity contribution < 1.29 is 9.15 Å². The Balaban J connectivity index is 1.92. The van der Waals surface area contributed by atoms with Crippen molar-refractivity contribution in [3.05, 3.63) is 24.2 Å². The Hall–Kier alpha value is -0.840. The van der Waals surface area contributed by atoms with Crippen LogP contribution in [-0.4, -0.2) is 43.8 Å². The van der Waals surface area contributed by atoms with Gasteiger partial charge in [-0.25, -0.2) is 0 Å². The Bertz CT molecular complexity index is 336. The SMILES string of the molecule is CCCNCC(COC)N(Cc1ccco1)C1CC1. The maximum absolute atomic E-state index is 5.49. The van der Waals surface area contributed by atoms with Gasteiger partial charge in [-0.05, 0) is 37.9 Å². The fourth-order valence-corrected chi connectivity index (χ4v) is 2.45. The number of nitrogens with zero attached hydrogens (tertiary/aromatic N) is 1. The van der Waals surface area contributed by atoms with Crippen molar-refractivity contribution in [1.82, 2.24) is 10.2 Å². The third-order valence-corrected chi connectivity index (χ3v) is 3.57. The van der Waals surface area contributed by atoms with E-state index >= 15 is 0 Å². The molecule has 1 saturated carbocycles. The third kappa shape index (κ3) is 4.64. The molecule has 0 aromatic carbocycles. The van der Waals surface area contributed by atoms with Crippen molar-refractivity contribution in [2.24, 2.45) is 0 Å². The van der Waals surface area contributed by atoms with Crippen LogP contribution in [-0.2, 0) is 11.3 Å². The highest BCUT2D eigenvalue weighted by atomic mass is 16.5. The molecule has 19 heavy (non-hydrogen) atoms. The van der Waals surface area contributed by atoms with Crippen molar-refractivity contribution in [2.45, 2.75) is 44.8 Å². The van der Waals surface area contributed by atoms with Gasteiger partial charge in [0.25, 0.3) is 0 Å². The Morgan fingerprint density at radius 1 is 1.53 bits per heavy atom. The van der Waals surface area contributed by atoms with Crippen molar-refractivity contribution in [2.75, 3.05) is 26.8 Å². The smallest absolute Gasteiger partial charge is 0.117 e. The lowest BCUT2D eigenvalue weighted by Gasteiger charge is -2.31. The second-order valence-corrected chi connectivity index (χ2v) is 5.30. The molecule has 1 aliphatic carbocycles. The summed E-state index contributed by atoms with van der Waals surface area (Å²) in [5.41, 5.74) is 0. The lowest BCUT2D eigenvalue weighted by atomic mass is 10.2. The molecule has 4 heteroatoms. The zero-order valence-corrected chi connectivity index (χ0v) is 12.1. The van der Waals surface area contributed by atoms with E-state index in [2.05, 4.69) is 23.2 Å². The van der Waals surface area contributed by atoms with Gasteiger partial charge in [-0.3, -0.25) is 4.90 Å². The predicted octanol–water partition coefficient (Wildman–Crippen LogP) is 2.26. The fourth-order valence-electron chi connectivity index (χ4n) is 2.45. The molecule has 0 bridgehead atoms. The first-order valence-electron chi connectivity index (χ1n) is 7.33. The van der Waals surface area contributed by atoms with Crippen LogP contribution >= 0.6 is 0 Å². The molecule has 1 aromatic heterocycles. The lowest BCUT2D eigenvalue weighted by Crippen LogP contribution is -2.46. The summed E-state index contributed by atoms with van der Waals surface area (Å²) in [5, 5.41) is 3.51. The number of furan rings is 1. The van der Waals surface area contributed by atoms with Gasteiger partial charge in [-0.15, -0.1) is 0 Å². The summed E-state index contributed by atoms with van der Waals surface area (Å²) in [5.74, 6) is 1.04. The summed E-state index contributed by atoms with van der Waals surface area (Å²) in [6, 6.07) is 5.14. The van der Waals surface area contributed by atoms with Gasteiger partial charge >= 0.3 is 0 Å². The molecule has 0 radical (unpaired) electrons. The minimum Gasteiger partial charge on any atom is -0.468 e. The third-order valence-electron chi connectivity index (χ3n) is 3.57. The quantitative estimate of drug-likeness (QED) is 0.659. The van der Waals surface area contributed by atoms with Crippen LogP contribution in [0.4, 0.5) is 0 Å². The topological polar surface area (TPSA) is 37.6 Å². The van der Waals surface area contributed by atoms with Gasteiger partial charge in [0.2, 0.25) is 0 Å². The van der Waals surface area contributed by atoms with E-state index in [1.165, 1.54) is 19.3 Å². The summed E-state index contributed by atoms with van der Waals surface area (Å²) in [6.07, 6.45) is 5.52. The van der Waals surface area contributed by atoms with Gasteiger partial charge in [-0.2, -0.15) is 0 Å². The van der Waals surface area contributed by atoms with Gasteiger partial charge in [-0.1, -0.05) is 6.92 Å². The first-order valence-corrected chi connectivity index (χ1v) is 7.33. The van der Waals surface area contributed by atoms with Crippen LogP contribution in [0, 0.1) is 0 Å². The molecule has 0 aliphatic heterocycles. The minimum atomic E-state index is 0.425. The molecule has 1 aliphatic rings. The molecule has 0 spiro atoms. The van der Waals surface area contributed by atoms with Crippen LogP contribution in [0.2, 0.25) is 0 Å². The normalized spacial score (nSPS) is 17.0. The van der Waals surface area contributed by atoms with E-state index in [-0.39, 0.29) is 0 Å². The molecule has 1 heterocycles. The zero-order chi connectivity index (χ0) is 13.5. The molecule has 1 aromatic rings. The molecule has 1 atom stereocenters. The summed E-state index contributed by atoms with van der Waals surface area (Å²) < 4.78 is 10.9. The largest absolute Gasteiger partial charge is 0.468 e. The highest BCUT2D eigenvalue weighted by Gasteiger charge is 2.34. The molecule has 4 nitrogen and oxygen atoms in total. The summed E-state index contributed by atoms with van der Waals surface area (Å²) in [4.78, 5) is 2.53. The number of ether oxygens (including phenoxy) is 1. The van der Waals surface area contributed by atoms with Gasteiger partial charge in [0, 0.05) is 25.7 Å². The number of hydrogen-bond acceptors (Lipinski definition) is 4. The molecular formula is C15H26N2O2. The highest BCUT2D eigenvalue weighted by molar-refractivity contribution is 5.01. The molecule has 1 fully saturated rings. The number of rotatable bonds is 10. The molecular weight excluding hydrogens is 240 g/mol. The standard InChI is InChI=1S/C15H26N2O2/c1-3-8-16-10-14(12-18-2)17(13-6-7-13)11-15-5-4-9-19-15/h4-5,9,13-14,16H,3,6-8,10-12H2,1-2H3. The lowest BCUT2D eigenvalue weighted by molar-refractivity contribution is 0.0743. The van der Waals surface area contributed by atoms with Gasteiger partial charge in [0.1, 0.15) is 5.76 Å². The van der Waals surface area contributed by atoms with E-state index in [9.17, 15) is 0 Å². The molecule has 1 unspecified atom stereocenters. The maximum atomic E-state index is 5.49. The Morgan fingerprint density at radius 3 is 2.95 bits per heavy atom. The van der Waals surface area contributed by atoms with Crippen LogP contribution < -0.4 is 5.32 Å². The van der Waals surface area contributed by atoms with E-state index in [4.69, 9.17) is 9.15 Å². The second-order valence-electron chi connectivity index (χ2n) is 5.30. The van der Waals surface area contributed by atoms with Gasteiger partial charge < -0.3 is 14.5 Å². The fraction of sp³-hybridized carbons (Fsp3) is 0.733. The average molecular weight is 266 g/mol. The van der Waals surface area contributed by atoms with E-state index in [1.54, 1.807) is 13.4 Å². The second kappa shape index (κ2) is 7.68. The highest BCUT2D eigenvalue weighted by Crippen LogP contribution is 2.30. The van der Waals surface area contributed by atoms with Crippen LogP contribution in [0.3, 0.4) is 0 Å². The number of methoxy groups -OCH3 is 1. The van der Waals surface area contributed by atoms with Crippen molar-refractivity contribution in [3.63, 3.8) is 0 Å². The Kier molecular flexibility index (Phi) is 5.89. The number of nitrogens with one attached hydrogen (secondary N) is 1. The van der Waals surface area contributed by atoms with E-state index in [0.717, 1.165) is 32.0 Å². The summed E-state index contributed by atoms with van der Waals surface area (Å²) >= 11 is 0. The van der Waals surface area contributed by atoms with Crippen LogP contribution in [0.15, 0.2) is 22.8 Å². The van der Waals surface area contributed by atoms with E-state index in [0.29, 0.717) is 12.1 Å². The minimum absolute atomic E-state index is 0.425. The van der Waals surface area contributed by atoms with Crippen molar-refractivity contribution in [1.29, 1.82) is 0 Å². The summed E-state index contributed by atoms with van der Waals surface area (Å²) in [7, 11) is 1.78. The van der Waals surface area contributed by atoms with Crippen LogP contribution in [0.25, 0.3) is 0 Å².